The number of aromatic nitrogens is 2. The Morgan fingerprint density at radius 1 is 1.29 bits per heavy atom. The number of rotatable bonds is 3. The molecule has 0 aliphatic heterocycles. The minimum absolute atomic E-state index is 0.137. The van der Waals surface area contributed by atoms with Crippen molar-refractivity contribution < 1.29 is 14.3 Å². The molecule has 0 radical (unpaired) electrons. The second kappa shape index (κ2) is 5.21. The molecule has 108 valence electrons. The van der Waals surface area contributed by atoms with Crippen molar-refractivity contribution in [1.29, 1.82) is 0 Å². The van der Waals surface area contributed by atoms with Crippen molar-refractivity contribution in [2.45, 2.75) is 6.92 Å². The number of ether oxygens (including phenoxy) is 2. The minimum atomic E-state index is -0.137. The lowest BCUT2D eigenvalue weighted by atomic mass is 10.2. The van der Waals surface area contributed by atoms with Gasteiger partial charge in [-0.3, -0.25) is 9.36 Å². The van der Waals surface area contributed by atoms with E-state index < -0.39 is 0 Å². The first kappa shape index (κ1) is 13.6. The van der Waals surface area contributed by atoms with Crippen molar-refractivity contribution in [3.05, 3.63) is 41.3 Å². The summed E-state index contributed by atoms with van der Waals surface area (Å²) in [4.78, 5) is 17.3. The standard InChI is InChI=1S/C15H14N2O3S/c1-9-16-6-7-17(9)15(18)14-13(20-3)11-8-10(19-2)4-5-12(11)21-14/h4-8H,1-3H3. The molecular weight excluding hydrogens is 288 g/mol. The van der Waals surface area contributed by atoms with Gasteiger partial charge < -0.3 is 9.47 Å². The Morgan fingerprint density at radius 2 is 2.10 bits per heavy atom. The molecule has 21 heavy (non-hydrogen) atoms. The average molecular weight is 302 g/mol. The van der Waals surface area contributed by atoms with Gasteiger partial charge >= 0.3 is 0 Å². The summed E-state index contributed by atoms with van der Waals surface area (Å²) in [6.07, 6.45) is 3.26. The van der Waals surface area contributed by atoms with E-state index in [4.69, 9.17) is 9.47 Å². The van der Waals surface area contributed by atoms with Gasteiger partial charge in [0.05, 0.1) is 14.2 Å². The summed E-state index contributed by atoms with van der Waals surface area (Å²) in [5.74, 6) is 1.82. The lowest BCUT2D eigenvalue weighted by molar-refractivity contribution is 0.0959. The van der Waals surface area contributed by atoms with Crippen LogP contribution >= 0.6 is 11.3 Å². The molecule has 2 heterocycles. The van der Waals surface area contributed by atoms with Crippen LogP contribution in [0.2, 0.25) is 0 Å². The van der Waals surface area contributed by atoms with E-state index in [1.807, 2.05) is 18.2 Å². The van der Waals surface area contributed by atoms with Crippen molar-refractivity contribution in [2.75, 3.05) is 14.2 Å². The molecule has 0 amide bonds. The first-order valence-corrected chi connectivity index (χ1v) is 7.16. The van der Waals surface area contributed by atoms with Crippen LogP contribution in [0.25, 0.3) is 10.1 Å². The number of nitrogens with zero attached hydrogens (tertiary/aromatic N) is 2. The molecule has 3 aromatic rings. The smallest absolute Gasteiger partial charge is 0.277 e. The molecule has 0 unspecified atom stereocenters. The summed E-state index contributed by atoms with van der Waals surface area (Å²) in [6, 6.07) is 5.68. The monoisotopic (exact) mass is 302 g/mol. The zero-order chi connectivity index (χ0) is 15.0. The third-order valence-electron chi connectivity index (χ3n) is 3.29. The van der Waals surface area contributed by atoms with Crippen LogP contribution < -0.4 is 9.47 Å². The quantitative estimate of drug-likeness (QED) is 0.746. The maximum atomic E-state index is 12.7. The van der Waals surface area contributed by atoms with Gasteiger partial charge in [0.25, 0.3) is 5.91 Å². The van der Waals surface area contributed by atoms with E-state index >= 15 is 0 Å². The van der Waals surface area contributed by atoms with Crippen LogP contribution in [-0.2, 0) is 0 Å². The molecule has 1 aromatic carbocycles. The Balaban J connectivity index is 2.19. The van der Waals surface area contributed by atoms with Gasteiger partial charge in [-0.05, 0) is 25.1 Å². The SMILES string of the molecule is COc1ccc2sc(C(=O)n3ccnc3C)c(OC)c2c1. The summed E-state index contributed by atoms with van der Waals surface area (Å²) >= 11 is 1.40. The van der Waals surface area contributed by atoms with E-state index in [9.17, 15) is 4.79 Å². The van der Waals surface area contributed by atoms with E-state index in [0.717, 1.165) is 15.8 Å². The van der Waals surface area contributed by atoms with Gasteiger partial charge in [-0.25, -0.2) is 4.98 Å². The van der Waals surface area contributed by atoms with Crippen molar-refractivity contribution in [3.8, 4) is 11.5 Å². The molecule has 0 aliphatic rings. The molecule has 0 saturated heterocycles. The van der Waals surface area contributed by atoms with Gasteiger partial charge in [-0.1, -0.05) is 0 Å². The van der Waals surface area contributed by atoms with Gasteiger partial charge in [-0.15, -0.1) is 11.3 Å². The highest BCUT2D eigenvalue weighted by Gasteiger charge is 2.22. The number of methoxy groups -OCH3 is 2. The molecule has 5 nitrogen and oxygen atoms in total. The number of fused-ring (bicyclic) bond motifs is 1. The predicted octanol–water partition coefficient (Wildman–Crippen LogP) is 3.11. The van der Waals surface area contributed by atoms with Crippen LogP contribution in [0, 0.1) is 6.92 Å². The molecule has 3 rings (SSSR count). The van der Waals surface area contributed by atoms with E-state index in [1.165, 1.54) is 15.9 Å². The summed E-state index contributed by atoms with van der Waals surface area (Å²) in [5, 5.41) is 0.878. The highest BCUT2D eigenvalue weighted by atomic mass is 32.1. The summed E-state index contributed by atoms with van der Waals surface area (Å²) in [7, 11) is 3.18. The zero-order valence-corrected chi connectivity index (χ0v) is 12.7. The van der Waals surface area contributed by atoms with Gasteiger partial charge in [0.1, 0.15) is 22.2 Å². The molecule has 6 heteroatoms. The fourth-order valence-corrected chi connectivity index (χ4v) is 3.32. The number of carbonyl (C=O) groups excluding carboxylic acids is 1. The van der Waals surface area contributed by atoms with Gasteiger partial charge in [0.15, 0.2) is 0 Å². The Kier molecular flexibility index (Phi) is 3.39. The molecule has 0 saturated carbocycles. The number of aryl methyl sites for hydroxylation is 1. The van der Waals surface area contributed by atoms with Crippen molar-refractivity contribution in [3.63, 3.8) is 0 Å². The van der Waals surface area contributed by atoms with Crippen molar-refractivity contribution >= 4 is 27.3 Å². The first-order valence-electron chi connectivity index (χ1n) is 6.35. The normalized spacial score (nSPS) is 10.8. The molecular formula is C15H14N2O3S. The fraction of sp³-hybridized carbons (Fsp3) is 0.200. The number of carbonyl (C=O) groups is 1. The number of hydrogen-bond acceptors (Lipinski definition) is 5. The van der Waals surface area contributed by atoms with Crippen molar-refractivity contribution in [2.24, 2.45) is 0 Å². The molecule has 0 aliphatic carbocycles. The third-order valence-corrected chi connectivity index (χ3v) is 4.43. The third kappa shape index (κ3) is 2.17. The maximum Gasteiger partial charge on any atom is 0.277 e. The highest BCUT2D eigenvalue weighted by Crippen LogP contribution is 2.39. The Labute approximate surface area is 125 Å². The fourth-order valence-electron chi connectivity index (χ4n) is 2.23. The number of thiophene rings is 1. The first-order chi connectivity index (χ1) is 10.2. The molecule has 0 atom stereocenters. The topological polar surface area (TPSA) is 53.4 Å². The Morgan fingerprint density at radius 3 is 2.71 bits per heavy atom. The Bertz CT molecular complexity index is 820. The maximum absolute atomic E-state index is 12.7. The summed E-state index contributed by atoms with van der Waals surface area (Å²) < 4.78 is 13.2. The second-order valence-corrected chi connectivity index (χ2v) is 5.53. The largest absolute Gasteiger partial charge is 0.497 e. The minimum Gasteiger partial charge on any atom is -0.497 e. The lowest BCUT2D eigenvalue weighted by Crippen LogP contribution is -2.12. The van der Waals surface area contributed by atoms with Crippen LogP contribution in [0.3, 0.4) is 0 Å². The van der Waals surface area contributed by atoms with E-state index in [-0.39, 0.29) is 5.91 Å². The van der Waals surface area contributed by atoms with E-state index in [2.05, 4.69) is 4.98 Å². The number of benzene rings is 1. The number of hydrogen-bond donors (Lipinski definition) is 0. The molecule has 0 spiro atoms. The summed E-state index contributed by atoms with van der Waals surface area (Å²) in [6.45, 7) is 1.79. The number of imidazole rings is 1. The van der Waals surface area contributed by atoms with Gasteiger partial charge in [-0.2, -0.15) is 0 Å². The highest BCUT2D eigenvalue weighted by molar-refractivity contribution is 7.21. The average Bonchev–Trinajstić information content (AvgIpc) is 3.08. The lowest BCUT2D eigenvalue weighted by Gasteiger charge is -2.05. The molecule has 0 N–H and O–H groups in total. The van der Waals surface area contributed by atoms with Crippen LogP contribution in [0.5, 0.6) is 11.5 Å². The van der Waals surface area contributed by atoms with E-state index in [1.54, 1.807) is 33.5 Å². The Hall–Kier alpha value is -2.34. The molecule has 0 bridgehead atoms. The zero-order valence-electron chi connectivity index (χ0n) is 11.9. The molecule has 2 aromatic heterocycles. The van der Waals surface area contributed by atoms with Crippen LogP contribution in [-0.4, -0.2) is 29.7 Å². The second-order valence-electron chi connectivity index (χ2n) is 4.48. The van der Waals surface area contributed by atoms with E-state index in [0.29, 0.717) is 16.5 Å². The van der Waals surface area contributed by atoms with Crippen molar-refractivity contribution in [1.82, 2.24) is 9.55 Å². The van der Waals surface area contributed by atoms with Crippen LogP contribution in [0.4, 0.5) is 0 Å². The van der Waals surface area contributed by atoms with Crippen LogP contribution in [0.1, 0.15) is 15.5 Å². The predicted molar refractivity (Wildman–Crippen MR) is 81.6 cm³/mol. The van der Waals surface area contributed by atoms with Gasteiger partial charge in [0.2, 0.25) is 0 Å². The van der Waals surface area contributed by atoms with Crippen LogP contribution in [0.15, 0.2) is 30.6 Å². The summed E-state index contributed by atoms with van der Waals surface area (Å²) in [5.41, 5.74) is 0. The van der Waals surface area contributed by atoms with Gasteiger partial charge in [0, 0.05) is 22.5 Å². The molecule has 0 fully saturated rings.